The Bertz CT molecular complexity index is 378. The van der Waals surface area contributed by atoms with E-state index in [1.807, 2.05) is 0 Å². The van der Waals surface area contributed by atoms with E-state index in [2.05, 4.69) is 0 Å². The lowest BCUT2D eigenvalue weighted by Gasteiger charge is -2.26. The third-order valence-corrected chi connectivity index (χ3v) is 3.41. The first-order chi connectivity index (χ1) is 8.59. The molecule has 1 fully saturated rings. The van der Waals surface area contributed by atoms with Crippen molar-refractivity contribution in [1.82, 2.24) is 4.90 Å². The van der Waals surface area contributed by atoms with Crippen molar-refractivity contribution in [3.05, 3.63) is 12.2 Å². The first-order valence-electron chi connectivity index (χ1n) is 6.35. The molecule has 2 aliphatic rings. The van der Waals surface area contributed by atoms with Gasteiger partial charge in [-0.2, -0.15) is 0 Å². The number of esters is 1. The summed E-state index contributed by atoms with van der Waals surface area (Å²) in [6.07, 6.45) is 7.34. The summed E-state index contributed by atoms with van der Waals surface area (Å²) in [5.74, 6) is -1.39. The quantitative estimate of drug-likeness (QED) is 0.558. The summed E-state index contributed by atoms with van der Waals surface area (Å²) in [4.78, 5) is 35.7. The molecule has 5 nitrogen and oxygen atoms in total. The van der Waals surface area contributed by atoms with Crippen LogP contribution in [0.4, 0.5) is 0 Å². The lowest BCUT2D eigenvalue weighted by molar-refractivity contribution is -0.161. The van der Waals surface area contributed by atoms with Crippen LogP contribution in [0.1, 0.15) is 39.0 Å². The van der Waals surface area contributed by atoms with Crippen LogP contribution in [-0.4, -0.2) is 34.8 Å². The average Bonchev–Trinajstić information content (AvgIpc) is 2.69. The van der Waals surface area contributed by atoms with Crippen LogP contribution >= 0.6 is 0 Å². The average molecular weight is 251 g/mol. The van der Waals surface area contributed by atoms with Gasteiger partial charge < -0.3 is 4.74 Å². The highest BCUT2D eigenvalue weighted by atomic mass is 16.5. The van der Waals surface area contributed by atoms with Crippen molar-refractivity contribution >= 4 is 17.8 Å². The molecule has 1 atom stereocenters. The second-order valence-corrected chi connectivity index (χ2v) is 4.75. The zero-order valence-electron chi connectivity index (χ0n) is 10.4. The number of nitrogens with zero attached hydrogens (tertiary/aromatic N) is 1. The maximum absolute atomic E-state index is 11.9. The lowest BCUT2D eigenvalue weighted by atomic mass is 9.98. The van der Waals surface area contributed by atoms with E-state index < -0.39 is 23.8 Å². The van der Waals surface area contributed by atoms with Crippen LogP contribution < -0.4 is 0 Å². The van der Waals surface area contributed by atoms with Crippen molar-refractivity contribution in [3.8, 4) is 0 Å². The maximum atomic E-state index is 11.9. The molecule has 98 valence electrons. The van der Waals surface area contributed by atoms with Crippen LogP contribution in [0.15, 0.2) is 12.2 Å². The highest BCUT2D eigenvalue weighted by Gasteiger charge is 2.34. The Hall–Kier alpha value is -1.65. The molecule has 2 rings (SSSR count). The largest absolute Gasteiger partial charge is 0.461 e. The minimum absolute atomic E-state index is 0.0607. The van der Waals surface area contributed by atoms with Gasteiger partial charge in [0.25, 0.3) is 11.8 Å². The molecule has 0 aromatic rings. The molecular formula is C13H17NO4. The number of imide groups is 1. The Morgan fingerprint density at radius 1 is 1.22 bits per heavy atom. The van der Waals surface area contributed by atoms with Gasteiger partial charge in [-0.05, 0) is 32.6 Å². The van der Waals surface area contributed by atoms with E-state index in [1.165, 1.54) is 25.5 Å². The number of carbonyl (C=O) groups excluding carboxylic acids is 3. The van der Waals surface area contributed by atoms with Gasteiger partial charge in [0.1, 0.15) is 12.1 Å². The molecular weight excluding hydrogens is 234 g/mol. The van der Waals surface area contributed by atoms with E-state index in [-0.39, 0.29) is 6.10 Å². The Labute approximate surface area is 106 Å². The molecule has 0 saturated heterocycles. The van der Waals surface area contributed by atoms with Gasteiger partial charge in [0.15, 0.2) is 0 Å². The highest BCUT2D eigenvalue weighted by molar-refractivity contribution is 6.14. The number of rotatable bonds is 3. The molecule has 5 heteroatoms. The summed E-state index contributed by atoms with van der Waals surface area (Å²) in [5.41, 5.74) is 0. The van der Waals surface area contributed by atoms with Crippen molar-refractivity contribution in [1.29, 1.82) is 0 Å². The molecule has 1 heterocycles. The molecule has 2 amide bonds. The standard InChI is InChI=1S/C13H17NO4/c1-9(14-11(15)7-8-12(14)16)13(17)18-10-5-3-2-4-6-10/h7-10H,2-6H2,1H3/t9-/m0/s1. The van der Waals surface area contributed by atoms with Crippen LogP contribution in [-0.2, 0) is 19.1 Å². The molecule has 18 heavy (non-hydrogen) atoms. The van der Waals surface area contributed by atoms with Gasteiger partial charge in [-0.15, -0.1) is 0 Å². The number of hydrogen-bond donors (Lipinski definition) is 0. The monoisotopic (exact) mass is 251 g/mol. The van der Waals surface area contributed by atoms with Crippen molar-refractivity contribution in [2.75, 3.05) is 0 Å². The van der Waals surface area contributed by atoms with E-state index in [1.54, 1.807) is 0 Å². The van der Waals surface area contributed by atoms with E-state index in [4.69, 9.17) is 4.74 Å². The minimum Gasteiger partial charge on any atom is -0.461 e. The molecule has 0 aromatic carbocycles. The number of hydrogen-bond acceptors (Lipinski definition) is 4. The molecule has 1 aliphatic carbocycles. The van der Waals surface area contributed by atoms with E-state index in [0.717, 1.165) is 30.6 Å². The van der Waals surface area contributed by atoms with E-state index in [9.17, 15) is 14.4 Å². The first kappa shape index (κ1) is 12.8. The first-order valence-corrected chi connectivity index (χ1v) is 6.35. The maximum Gasteiger partial charge on any atom is 0.329 e. The SMILES string of the molecule is C[C@@H](C(=O)OC1CCCCC1)N1C(=O)C=CC1=O. The fraction of sp³-hybridized carbons (Fsp3) is 0.615. The summed E-state index contributed by atoms with van der Waals surface area (Å²) < 4.78 is 5.35. The summed E-state index contributed by atoms with van der Waals surface area (Å²) in [5, 5.41) is 0. The predicted molar refractivity (Wildman–Crippen MR) is 63.4 cm³/mol. The van der Waals surface area contributed by atoms with Crippen LogP contribution in [0, 0.1) is 0 Å². The van der Waals surface area contributed by atoms with Gasteiger partial charge in [-0.3, -0.25) is 14.5 Å². The Balaban J connectivity index is 1.92. The molecule has 1 aliphatic heterocycles. The van der Waals surface area contributed by atoms with Gasteiger partial charge in [0.2, 0.25) is 0 Å². The molecule has 0 bridgehead atoms. The topological polar surface area (TPSA) is 63.7 Å². The second-order valence-electron chi connectivity index (χ2n) is 4.75. The fourth-order valence-corrected chi connectivity index (χ4v) is 2.34. The number of carbonyl (C=O) groups is 3. The van der Waals surface area contributed by atoms with Crippen LogP contribution in [0.5, 0.6) is 0 Å². The van der Waals surface area contributed by atoms with Crippen molar-refractivity contribution in [2.24, 2.45) is 0 Å². The van der Waals surface area contributed by atoms with E-state index >= 15 is 0 Å². The normalized spacial score (nSPS) is 22.4. The van der Waals surface area contributed by atoms with Gasteiger partial charge in [-0.25, -0.2) is 4.79 Å². The van der Waals surface area contributed by atoms with Gasteiger partial charge in [-0.1, -0.05) is 6.42 Å². The summed E-state index contributed by atoms with van der Waals surface area (Å²) in [6, 6.07) is -0.845. The van der Waals surface area contributed by atoms with E-state index in [0.29, 0.717) is 0 Å². The Kier molecular flexibility index (Phi) is 3.79. The van der Waals surface area contributed by atoms with Crippen molar-refractivity contribution in [3.63, 3.8) is 0 Å². The van der Waals surface area contributed by atoms with Gasteiger partial charge in [0, 0.05) is 12.2 Å². The molecule has 0 unspecified atom stereocenters. The van der Waals surface area contributed by atoms with Gasteiger partial charge in [0.05, 0.1) is 0 Å². The Morgan fingerprint density at radius 3 is 2.33 bits per heavy atom. The van der Waals surface area contributed by atoms with Crippen molar-refractivity contribution < 1.29 is 19.1 Å². The third-order valence-electron chi connectivity index (χ3n) is 3.41. The lowest BCUT2D eigenvalue weighted by Crippen LogP contribution is -2.44. The summed E-state index contributed by atoms with van der Waals surface area (Å²) in [7, 11) is 0. The van der Waals surface area contributed by atoms with Gasteiger partial charge >= 0.3 is 5.97 Å². The van der Waals surface area contributed by atoms with Crippen LogP contribution in [0.25, 0.3) is 0 Å². The molecule has 0 aromatic heterocycles. The zero-order valence-corrected chi connectivity index (χ0v) is 10.4. The molecule has 0 N–H and O–H groups in total. The van der Waals surface area contributed by atoms with Crippen LogP contribution in [0.2, 0.25) is 0 Å². The predicted octanol–water partition coefficient (Wildman–Crippen LogP) is 1.18. The number of ether oxygens (including phenoxy) is 1. The molecule has 0 radical (unpaired) electrons. The van der Waals surface area contributed by atoms with Crippen LogP contribution in [0.3, 0.4) is 0 Å². The zero-order chi connectivity index (χ0) is 13.1. The second kappa shape index (κ2) is 5.33. The smallest absolute Gasteiger partial charge is 0.329 e. The summed E-state index contributed by atoms with van der Waals surface area (Å²) >= 11 is 0. The Morgan fingerprint density at radius 2 is 1.78 bits per heavy atom. The third kappa shape index (κ3) is 2.60. The minimum atomic E-state index is -0.845. The molecule has 0 spiro atoms. The van der Waals surface area contributed by atoms with Crippen molar-refractivity contribution in [2.45, 2.75) is 51.2 Å². The number of amides is 2. The fourth-order valence-electron chi connectivity index (χ4n) is 2.34. The molecule has 1 saturated carbocycles. The summed E-state index contributed by atoms with van der Waals surface area (Å²) in [6.45, 7) is 1.52. The highest BCUT2D eigenvalue weighted by Crippen LogP contribution is 2.21.